The zero-order chi connectivity index (χ0) is 18.6. The number of hydrogen-bond donors (Lipinski definition) is 1. The number of rotatable bonds is 3. The third-order valence-corrected chi connectivity index (χ3v) is 4.13. The predicted molar refractivity (Wildman–Crippen MR) is 83.3 cm³/mol. The van der Waals surface area contributed by atoms with Crippen molar-refractivity contribution in [1.82, 2.24) is 10.2 Å². The number of piperidine rings is 1. The summed E-state index contributed by atoms with van der Waals surface area (Å²) < 4.78 is 39.8. The third-order valence-electron chi connectivity index (χ3n) is 4.13. The largest absolute Gasteiger partial charge is 0.408 e. The van der Waals surface area contributed by atoms with Crippen molar-refractivity contribution in [3.63, 3.8) is 0 Å². The third kappa shape index (κ3) is 4.95. The van der Waals surface area contributed by atoms with E-state index in [-0.39, 0.29) is 31.7 Å². The van der Waals surface area contributed by atoms with Gasteiger partial charge >= 0.3 is 6.18 Å². The van der Waals surface area contributed by atoms with Crippen molar-refractivity contribution in [3.8, 4) is 6.07 Å². The summed E-state index contributed by atoms with van der Waals surface area (Å²) in [7, 11) is 0. The molecule has 0 saturated carbocycles. The molecule has 2 rings (SSSR count). The van der Waals surface area contributed by atoms with Crippen LogP contribution in [-0.2, 0) is 16.0 Å². The van der Waals surface area contributed by atoms with E-state index in [1.165, 1.54) is 19.1 Å². The molecule has 1 aliphatic heterocycles. The fraction of sp³-hybridized carbons (Fsp3) is 0.471. The first-order chi connectivity index (χ1) is 11.7. The van der Waals surface area contributed by atoms with Crippen LogP contribution in [-0.4, -0.2) is 41.5 Å². The Hall–Kier alpha value is -2.56. The summed E-state index contributed by atoms with van der Waals surface area (Å²) in [6, 6.07) is 5.74. The first kappa shape index (κ1) is 18.8. The number of benzene rings is 1. The van der Waals surface area contributed by atoms with Crippen LogP contribution >= 0.6 is 0 Å². The molecule has 1 fully saturated rings. The molecule has 134 valence electrons. The zero-order valence-corrected chi connectivity index (χ0v) is 13.6. The second kappa shape index (κ2) is 7.55. The topological polar surface area (TPSA) is 73.2 Å². The van der Waals surface area contributed by atoms with E-state index in [0.717, 1.165) is 4.90 Å². The van der Waals surface area contributed by atoms with Gasteiger partial charge in [-0.1, -0.05) is 12.1 Å². The minimum absolute atomic E-state index is 0.168. The van der Waals surface area contributed by atoms with Crippen molar-refractivity contribution < 1.29 is 22.8 Å². The van der Waals surface area contributed by atoms with Crippen molar-refractivity contribution >= 4 is 11.8 Å². The van der Waals surface area contributed by atoms with Gasteiger partial charge < -0.3 is 10.2 Å². The predicted octanol–water partition coefficient (Wildman–Crippen LogP) is 2.16. The molecule has 0 bridgehead atoms. The number of hydrogen-bond acceptors (Lipinski definition) is 3. The summed E-state index contributed by atoms with van der Waals surface area (Å²) in [6.45, 7) is 1.12. The van der Waals surface area contributed by atoms with Gasteiger partial charge in [-0.2, -0.15) is 18.4 Å². The van der Waals surface area contributed by atoms with E-state index in [4.69, 9.17) is 5.26 Å². The summed E-state index contributed by atoms with van der Waals surface area (Å²) >= 11 is 0. The van der Waals surface area contributed by atoms with Crippen LogP contribution in [0, 0.1) is 11.3 Å². The zero-order valence-electron chi connectivity index (χ0n) is 13.6. The van der Waals surface area contributed by atoms with E-state index in [2.05, 4.69) is 5.32 Å². The van der Waals surface area contributed by atoms with E-state index < -0.39 is 24.2 Å². The van der Waals surface area contributed by atoms with Gasteiger partial charge in [0.15, 0.2) is 0 Å². The maximum atomic E-state index is 13.3. The van der Waals surface area contributed by atoms with Crippen LogP contribution in [0.4, 0.5) is 13.2 Å². The molecule has 0 aliphatic carbocycles. The Balaban J connectivity index is 2.14. The quantitative estimate of drug-likeness (QED) is 0.905. The van der Waals surface area contributed by atoms with E-state index in [1.54, 1.807) is 12.1 Å². The summed E-state index contributed by atoms with van der Waals surface area (Å²) in [4.78, 5) is 24.4. The molecule has 25 heavy (non-hydrogen) atoms. The molecule has 1 aromatic carbocycles. The van der Waals surface area contributed by atoms with Crippen LogP contribution in [0.5, 0.6) is 0 Å². The molecule has 5 nitrogen and oxygen atoms in total. The average molecular weight is 353 g/mol. The Bertz CT molecular complexity index is 680. The molecule has 1 heterocycles. The number of amides is 2. The van der Waals surface area contributed by atoms with E-state index in [1.807, 2.05) is 6.07 Å². The molecule has 8 heteroatoms. The molecule has 1 aliphatic rings. The van der Waals surface area contributed by atoms with Gasteiger partial charge in [0.1, 0.15) is 6.04 Å². The standard InChI is InChI=1S/C17H18F3N3O2/c1-11(24)22-14-6-7-15(17(18,19)20)23(10-14)16(25)8-12-2-4-13(9-21)5-3-12/h2-5,14-15H,6-8,10H2,1H3,(H,22,24)/t14-,15+/m1/s1. The molecule has 0 unspecified atom stereocenters. The summed E-state index contributed by atoms with van der Waals surface area (Å²) in [6.07, 6.45) is -4.77. The van der Waals surface area contributed by atoms with Crippen molar-refractivity contribution in [2.75, 3.05) is 6.54 Å². The molecule has 1 N–H and O–H groups in total. The first-order valence-corrected chi connectivity index (χ1v) is 7.83. The minimum Gasteiger partial charge on any atom is -0.352 e. The SMILES string of the molecule is CC(=O)N[C@@H]1CC[C@@H](C(F)(F)F)N(C(=O)Cc2ccc(C#N)cc2)C1. The van der Waals surface area contributed by atoms with Crippen LogP contribution < -0.4 is 5.32 Å². The molecule has 2 atom stereocenters. The van der Waals surface area contributed by atoms with Crippen molar-refractivity contribution in [1.29, 1.82) is 5.26 Å². The lowest BCUT2D eigenvalue weighted by molar-refractivity contribution is -0.197. The highest BCUT2D eigenvalue weighted by Gasteiger charge is 2.47. The van der Waals surface area contributed by atoms with Crippen LogP contribution in [0.3, 0.4) is 0 Å². The summed E-state index contributed by atoms with van der Waals surface area (Å²) in [5.41, 5.74) is 0.944. The van der Waals surface area contributed by atoms with Crippen molar-refractivity contribution in [2.24, 2.45) is 0 Å². The van der Waals surface area contributed by atoms with Gasteiger partial charge in [0, 0.05) is 19.5 Å². The monoisotopic (exact) mass is 353 g/mol. The number of nitrogens with one attached hydrogen (secondary N) is 1. The second-order valence-corrected chi connectivity index (χ2v) is 6.06. The highest BCUT2D eigenvalue weighted by molar-refractivity contribution is 5.79. The van der Waals surface area contributed by atoms with Gasteiger partial charge in [0.25, 0.3) is 0 Å². The Kier molecular flexibility index (Phi) is 5.67. The molecule has 1 saturated heterocycles. The van der Waals surface area contributed by atoms with E-state index in [0.29, 0.717) is 11.1 Å². The molecule has 0 spiro atoms. The van der Waals surface area contributed by atoms with Gasteiger partial charge in [0.2, 0.25) is 11.8 Å². The number of carbonyl (C=O) groups is 2. The number of halogens is 3. The van der Waals surface area contributed by atoms with Crippen LogP contribution in [0.1, 0.15) is 30.9 Å². The van der Waals surface area contributed by atoms with Crippen LogP contribution in [0.15, 0.2) is 24.3 Å². The number of likely N-dealkylation sites (tertiary alicyclic amines) is 1. The fourth-order valence-corrected chi connectivity index (χ4v) is 2.97. The fourth-order valence-electron chi connectivity index (χ4n) is 2.97. The lowest BCUT2D eigenvalue weighted by atomic mass is 9.96. The van der Waals surface area contributed by atoms with Crippen LogP contribution in [0.25, 0.3) is 0 Å². The maximum absolute atomic E-state index is 13.3. The summed E-state index contributed by atoms with van der Waals surface area (Å²) in [5, 5.41) is 11.3. The normalized spacial score (nSPS) is 20.7. The summed E-state index contributed by atoms with van der Waals surface area (Å²) in [5.74, 6) is -0.989. The molecular weight excluding hydrogens is 335 g/mol. The number of nitrogens with zero attached hydrogens (tertiary/aromatic N) is 2. The first-order valence-electron chi connectivity index (χ1n) is 7.83. The number of alkyl halides is 3. The molecule has 1 aromatic rings. The second-order valence-electron chi connectivity index (χ2n) is 6.06. The maximum Gasteiger partial charge on any atom is 0.408 e. The van der Waals surface area contributed by atoms with Gasteiger partial charge in [-0.15, -0.1) is 0 Å². The Morgan fingerprint density at radius 2 is 1.92 bits per heavy atom. The Labute approximate surface area is 143 Å². The van der Waals surface area contributed by atoms with Crippen LogP contribution in [0.2, 0.25) is 0 Å². The number of nitriles is 1. The van der Waals surface area contributed by atoms with Gasteiger partial charge in [-0.25, -0.2) is 0 Å². The highest BCUT2D eigenvalue weighted by Crippen LogP contribution is 2.32. The van der Waals surface area contributed by atoms with Crippen molar-refractivity contribution in [2.45, 2.75) is 44.4 Å². The van der Waals surface area contributed by atoms with E-state index in [9.17, 15) is 22.8 Å². The highest BCUT2D eigenvalue weighted by atomic mass is 19.4. The van der Waals surface area contributed by atoms with Gasteiger partial charge in [-0.05, 0) is 30.5 Å². The molecule has 0 radical (unpaired) electrons. The lowest BCUT2D eigenvalue weighted by Crippen LogP contribution is -2.58. The smallest absolute Gasteiger partial charge is 0.352 e. The number of carbonyl (C=O) groups excluding carboxylic acids is 2. The molecular formula is C17H18F3N3O2. The van der Waals surface area contributed by atoms with Crippen molar-refractivity contribution in [3.05, 3.63) is 35.4 Å². The van der Waals surface area contributed by atoms with Gasteiger partial charge in [0.05, 0.1) is 18.1 Å². The van der Waals surface area contributed by atoms with E-state index >= 15 is 0 Å². The Morgan fingerprint density at radius 3 is 2.44 bits per heavy atom. The average Bonchev–Trinajstić information content (AvgIpc) is 2.54. The molecule has 2 amide bonds. The van der Waals surface area contributed by atoms with Gasteiger partial charge in [-0.3, -0.25) is 9.59 Å². The molecule has 0 aromatic heterocycles. The minimum atomic E-state index is -4.51. The Morgan fingerprint density at radius 1 is 1.28 bits per heavy atom. The lowest BCUT2D eigenvalue weighted by Gasteiger charge is -2.40.